The van der Waals surface area contributed by atoms with Gasteiger partial charge in [0.15, 0.2) is 0 Å². The van der Waals surface area contributed by atoms with Crippen LogP contribution in [0.3, 0.4) is 0 Å². The van der Waals surface area contributed by atoms with E-state index < -0.39 is 0 Å². The molecule has 0 aromatic rings. The Kier molecular flexibility index (Phi) is 296. The third-order valence-electron chi connectivity index (χ3n) is 0. The molecule has 0 aliphatic carbocycles. The Morgan fingerprint density at radius 3 is 1.00 bits per heavy atom. The van der Waals surface area contributed by atoms with Crippen LogP contribution in [0, 0.1) is 0 Å². The topological polar surface area (TPSA) is 0 Å². The summed E-state index contributed by atoms with van der Waals surface area (Å²) in [6.07, 6.45) is 0. The minimum atomic E-state index is 0. The van der Waals surface area contributed by atoms with Gasteiger partial charge in [0, 0.05) is 16.8 Å². The molecule has 0 aromatic heterocycles. The van der Waals surface area contributed by atoms with E-state index >= 15 is 0 Å². The first-order chi connectivity index (χ1) is 0. The third-order valence-corrected chi connectivity index (χ3v) is 0. The van der Waals surface area contributed by atoms with Crippen LogP contribution in [0.5, 0.6) is 0 Å². The normalized spacial score (nSPS) is 0. The summed E-state index contributed by atoms with van der Waals surface area (Å²) in [5.41, 5.74) is 0. The molecule has 0 aliphatic heterocycles. The van der Waals surface area contributed by atoms with Crippen molar-refractivity contribution in [2.45, 2.75) is 0 Å². The first kappa shape index (κ1) is 48.6. The van der Waals surface area contributed by atoms with Crippen molar-refractivity contribution < 1.29 is 86.0 Å². The van der Waals surface area contributed by atoms with Crippen LogP contribution in [0.25, 0.3) is 0 Å². The Hall–Kier alpha value is 2.62. The van der Waals surface area contributed by atoms with Crippen LogP contribution in [0.2, 0.25) is 0 Å². The second-order valence-corrected chi connectivity index (χ2v) is 0. The molecule has 0 atom stereocenters. The van der Waals surface area contributed by atoms with Crippen molar-refractivity contribution in [3.63, 3.8) is 0 Å². The van der Waals surface area contributed by atoms with Crippen LogP contribution < -0.4 is 18.9 Å². The molecule has 0 saturated carbocycles. The summed E-state index contributed by atoms with van der Waals surface area (Å²) in [6, 6.07) is 0. The standard InChI is InChI=1S/2Co.Li.Mn.Ni/q;+2;+1;2*+2. The van der Waals surface area contributed by atoms with Crippen LogP contribution >= 0.6 is 0 Å². The van der Waals surface area contributed by atoms with Gasteiger partial charge in [-0.2, -0.15) is 0 Å². The van der Waals surface area contributed by atoms with Crippen molar-refractivity contribution in [3.05, 3.63) is 0 Å². The Balaban J connectivity index is 0. The molecular formula is Co2LiMnNi+7. The summed E-state index contributed by atoms with van der Waals surface area (Å²) >= 11 is 0. The maximum absolute atomic E-state index is 0. The molecule has 3 radical (unpaired) electrons. The van der Waals surface area contributed by atoms with Gasteiger partial charge in [-0.3, -0.25) is 0 Å². The Morgan fingerprint density at radius 1 is 1.00 bits per heavy atom. The van der Waals surface area contributed by atoms with Crippen molar-refractivity contribution >= 4 is 0 Å². The van der Waals surface area contributed by atoms with Crippen LogP contribution in [-0.4, -0.2) is 0 Å². The monoisotopic (exact) mass is 238 g/mol. The van der Waals surface area contributed by atoms with Gasteiger partial charge in [0.2, 0.25) is 0 Å². The van der Waals surface area contributed by atoms with Gasteiger partial charge in [-0.15, -0.1) is 0 Å². The number of hydrogen-bond acceptors (Lipinski definition) is 0. The molecular weight excluding hydrogens is 238 g/mol. The molecule has 0 rings (SSSR count). The maximum atomic E-state index is 0. The summed E-state index contributed by atoms with van der Waals surface area (Å²) < 4.78 is 0. The van der Waals surface area contributed by atoms with E-state index in [1.54, 1.807) is 0 Å². The Bertz CT molecular complexity index is 9.61. The average Bonchev–Trinajstić information content (AvgIpc) is 0. The van der Waals surface area contributed by atoms with Crippen LogP contribution in [0.1, 0.15) is 0 Å². The molecule has 0 aromatic carbocycles. The van der Waals surface area contributed by atoms with Gasteiger partial charge in [0.05, 0.1) is 0 Å². The van der Waals surface area contributed by atoms with Gasteiger partial charge in [-0.25, -0.2) is 0 Å². The van der Waals surface area contributed by atoms with Crippen LogP contribution in [0.4, 0.5) is 0 Å². The van der Waals surface area contributed by atoms with Crippen molar-refractivity contribution in [1.29, 1.82) is 0 Å². The van der Waals surface area contributed by atoms with E-state index in [1.165, 1.54) is 0 Å². The number of rotatable bonds is 0. The Morgan fingerprint density at radius 2 is 1.00 bits per heavy atom. The zero-order valence-corrected chi connectivity index (χ0v) is 6.61. The fraction of sp³-hybridized carbons (Fsp3) is 0. The van der Waals surface area contributed by atoms with Crippen molar-refractivity contribution in [3.8, 4) is 0 Å². The minimum absolute atomic E-state index is 0. The quantitative estimate of drug-likeness (QED) is 0.395. The summed E-state index contributed by atoms with van der Waals surface area (Å²) in [6.45, 7) is 0. The molecule has 0 nitrogen and oxygen atoms in total. The van der Waals surface area contributed by atoms with Crippen LogP contribution in [0.15, 0.2) is 0 Å². The van der Waals surface area contributed by atoms with Crippen LogP contribution in [-0.2, 0) is 67.1 Å². The fourth-order valence-electron chi connectivity index (χ4n) is 0. The average molecular weight is 238 g/mol. The minimum Gasteiger partial charge on any atom is 0 e. The molecule has 29 valence electrons. The van der Waals surface area contributed by atoms with E-state index in [0.29, 0.717) is 0 Å². The first-order valence-corrected chi connectivity index (χ1v) is 0. The molecule has 5 heteroatoms. The van der Waals surface area contributed by atoms with Crippen molar-refractivity contribution in [2.24, 2.45) is 0 Å². The molecule has 0 spiro atoms. The van der Waals surface area contributed by atoms with E-state index in [2.05, 4.69) is 0 Å². The van der Waals surface area contributed by atoms with Gasteiger partial charge in [0.25, 0.3) is 0 Å². The zero-order chi connectivity index (χ0) is 0. The molecule has 0 fully saturated rings. The summed E-state index contributed by atoms with van der Waals surface area (Å²) in [7, 11) is 0. The van der Waals surface area contributed by atoms with Gasteiger partial charge < -0.3 is 0 Å². The largest absolute Gasteiger partial charge is 2.00 e. The predicted octanol–water partition coefficient (Wildman–Crippen LogP) is -3.01. The second-order valence-electron chi connectivity index (χ2n) is 0. The van der Waals surface area contributed by atoms with Crippen molar-refractivity contribution in [2.75, 3.05) is 0 Å². The molecule has 0 N–H and O–H groups in total. The van der Waals surface area contributed by atoms with Gasteiger partial charge in [-0.05, 0) is 0 Å². The molecule has 0 heterocycles. The Labute approximate surface area is 84.9 Å². The third kappa shape index (κ3) is 20.6. The zero-order valence-electron chi connectivity index (χ0n) is 2.36. The summed E-state index contributed by atoms with van der Waals surface area (Å²) in [5.74, 6) is 0. The predicted molar refractivity (Wildman–Crippen MR) is 0 cm³/mol. The van der Waals surface area contributed by atoms with E-state index in [0.717, 1.165) is 0 Å². The fourth-order valence-corrected chi connectivity index (χ4v) is 0. The molecule has 0 unspecified atom stereocenters. The maximum Gasteiger partial charge on any atom is 2.00 e. The van der Waals surface area contributed by atoms with Gasteiger partial charge in [-0.1, -0.05) is 0 Å². The molecule has 0 saturated heterocycles. The summed E-state index contributed by atoms with van der Waals surface area (Å²) in [4.78, 5) is 0. The SMILES string of the molecule is [Co+2].[Co].[Li+].[Mn+2].[Ni+2]. The van der Waals surface area contributed by atoms with E-state index in [1.807, 2.05) is 0 Å². The molecule has 0 bridgehead atoms. The van der Waals surface area contributed by atoms with E-state index in [9.17, 15) is 0 Å². The first-order valence-electron chi connectivity index (χ1n) is 0. The summed E-state index contributed by atoms with van der Waals surface area (Å²) in [5, 5.41) is 0. The molecule has 0 aliphatic rings. The second kappa shape index (κ2) is 30.4. The van der Waals surface area contributed by atoms with E-state index in [-0.39, 0.29) is 86.0 Å². The van der Waals surface area contributed by atoms with E-state index in [4.69, 9.17) is 0 Å². The van der Waals surface area contributed by atoms with Gasteiger partial charge >= 0.3 is 69.2 Å². The van der Waals surface area contributed by atoms with Crippen molar-refractivity contribution in [1.82, 2.24) is 0 Å². The number of hydrogen-bond donors (Lipinski definition) is 0. The molecule has 0 amide bonds. The smallest absolute Gasteiger partial charge is 0 e. The van der Waals surface area contributed by atoms with Gasteiger partial charge in [0.1, 0.15) is 0 Å². The molecule has 5 heavy (non-hydrogen) atoms.